The zero-order valence-electron chi connectivity index (χ0n) is 15.0. The standard InChI is InChI=1S/C20H33NO2/c1-3-5-7-8-9-10-11-15-21-16-12-14-18(13-6-4-2)19(21)17-20(22)23/h12,14,16H,3-11,13,15,17H2,1-2H3/p+1. The predicted molar refractivity (Wildman–Crippen MR) is 94.6 cm³/mol. The van der Waals surface area contributed by atoms with E-state index in [-0.39, 0.29) is 6.42 Å². The second kappa shape index (κ2) is 12.1. The molecule has 0 bridgehead atoms. The van der Waals surface area contributed by atoms with Gasteiger partial charge in [0.1, 0.15) is 13.0 Å². The fourth-order valence-electron chi connectivity index (χ4n) is 3.04. The monoisotopic (exact) mass is 320 g/mol. The smallest absolute Gasteiger partial charge is 0.314 e. The quantitative estimate of drug-likeness (QED) is 0.423. The van der Waals surface area contributed by atoms with E-state index in [4.69, 9.17) is 0 Å². The van der Waals surface area contributed by atoms with Crippen molar-refractivity contribution >= 4 is 5.97 Å². The Labute approximate surface area is 141 Å². The minimum Gasteiger partial charge on any atom is -0.481 e. The van der Waals surface area contributed by atoms with Crippen LogP contribution in [0.3, 0.4) is 0 Å². The zero-order valence-corrected chi connectivity index (χ0v) is 15.0. The number of carboxylic acid groups (broad SMARTS) is 1. The molecule has 3 heteroatoms. The Balaban J connectivity index is 2.56. The summed E-state index contributed by atoms with van der Waals surface area (Å²) < 4.78 is 2.17. The van der Waals surface area contributed by atoms with Crippen molar-refractivity contribution in [1.82, 2.24) is 0 Å². The van der Waals surface area contributed by atoms with Crippen molar-refractivity contribution in [2.45, 2.75) is 91.0 Å². The minimum absolute atomic E-state index is 0.135. The number of hydrogen-bond acceptors (Lipinski definition) is 1. The Morgan fingerprint density at radius 2 is 1.65 bits per heavy atom. The maximum Gasteiger partial charge on any atom is 0.314 e. The van der Waals surface area contributed by atoms with Crippen molar-refractivity contribution in [2.24, 2.45) is 0 Å². The first kappa shape index (κ1) is 19.7. The predicted octanol–water partition coefficient (Wildman–Crippen LogP) is 4.69. The van der Waals surface area contributed by atoms with Gasteiger partial charge in [-0.15, -0.1) is 0 Å². The van der Waals surface area contributed by atoms with Gasteiger partial charge < -0.3 is 5.11 Å². The molecule has 0 aliphatic heterocycles. The number of carbonyl (C=O) groups is 1. The summed E-state index contributed by atoms with van der Waals surface area (Å²) in [5.41, 5.74) is 2.21. The molecule has 1 rings (SSSR count). The van der Waals surface area contributed by atoms with Crippen LogP contribution in [0.4, 0.5) is 0 Å². The van der Waals surface area contributed by atoms with Crippen LogP contribution in [0, 0.1) is 0 Å². The van der Waals surface area contributed by atoms with Crippen LogP contribution < -0.4 is 4.57 Å². The van der Waals surface area contributed by atoms with Gasteiger partial charge in [0.15, 0.2) is 11.9 Å². The number of aromatic nitrogens is 1. The number of unbranched alkanes of at least 4 members (excludes halogenated alkanes) is 7. The van der Waals surface area contributed by atoms with Crippen LogP contribution in [0.15, 0.2) is 18.3 Å². The summed E-state index contributed by atoms with van der Waals surface area (Å²) in [7, 11) is 0. The van der Waals surface area contributed by atoms with E-state index in [0.717, 1.165) is 37.9 Å². The van der Waals surface area contributed by atoms with Crippen molar-refractivity contribution in [2.75, 3.05) is 0 Å². The van der Waals surface area contributed by atoms with Crippen LogP contribution in [0.2, 0.25) is 0 Å². The molecular weight excluding hydrogens is 286 g/mol. The van der Waals surface area contributed by atoms with Gasteiger partial charge in [0.2, 0.25) is 0 Å². The molecule has 23 heavy (non-hydrogen) atoms. The molecule has 0 radical (unpaired) electrons. The summed E-state index contributed by atoms with van der Waals surface area (Å²) in [6.07, 6.45) is 14.4. The van der Waals surface area contributed by atoms with E-state index in [1.54, 1.807) is 0 Å². The summed E-state index contributed by atoms with van der Waals surface area (Å²) in [5, 5.41) is 9.22. The van der Waals surface area contributed by atoms with E-state index in [1.165, 1.54) is 44.1 Å². The van der Waals surface area contributed by atoms with Gasteiger partial charge in [-0.3, -0.25) is 4.79 Å². The number of aryl methyl sites for hydroxylation is 2. The SMILES string of the molecule is CCCCCCCCC[n+]1cccc(CCCC)c1CC(=O)O. The Morgan fingerprint density at radius 3 is 2.30 bits per heavy atom. The lowest BCUT2D eigenvalue weighted by molar-refractivity contribution is -0.704. The van der Waals surface area contributed by atoms with E-state index in [0.29, 0.717) is 0 Å². The Morgan fingerprint density at radius 1 is 1.00 bits per heavy atom. The molecule has 0 unspecified atom stereocenters. The van der Waals surface area contributed by atoms with Crippen LogP contribution in [0.1, 0.15) is 82.9 Å². The van der Waals surface area contributed by atoms with E-state index >= 15 is 0 Å². The average Bonchev–Trinajstić information content (AvgIpc) is 2.53. The van der Waals surface area contributed by atoms with Crippen LogP contribution in [-0.4, -0.2) is 11.1 Å². The molecule has 0 aliphatic rings. The molecule has 0 aromatic carbocycles. The molecule has 0 saturated carbocycles. The summed E-state index contributed by atoms with van der Waals surface area (Å²) >= 11 is 0. The maximum absolute atomic E-state index is 11.2. The first-order chi connectivity index (χ1) is 11.2. The van der Waals surface area contributed by atoms with Gasteiger partial charge in [0, 0.05) is 18.1 Å². The molecule has 0 aliphatic carbocycles. The van der Waals surface area contributed by atoms with E-state index in [9.17, 15) is 9.90 Å². The summed E-state index contributed by atoms with van der Waals surface area (Å²) in [6, 6.07) is 4.16. The molecule has 1 heterocycles. The highest BCUT2D eigenvalue weighted by Crippen LogP contribution is 2.11. The third-order valence-corrected chi connectivity index (χ3v) is 4.40. The van der Waals surface area contributed by atoms with Crippen LogP contribution >= 0.6 is 0 Å². The number of aliphatic carboxylic acids is 1. The number of nitrogens with zero attached hydrogens (tertiary/aromatic N) is 1. The maximum atomic E-state index is 11.2. The highest BCUT2D eigenvalue weighted by molar-refractivity contribution is 5.69. The summed E-state index contributed by atoms with van der Waals surface area (Å²) in [4.78, 5) is 11.2. The topological polar surface area (TPSA) is 41.2 Å². The van der Waals surface area contributed by atoms with Crippen molar-refractivity contribution < 1.29 is 14.5 Å². The van der Waals surface area contributed by atoms with Gasteiger partial charge in [-0.25, -0.2) is 4.57 Å². The largest absolute Gasteiger partial charge is 0.481 e. The van der Waals surface area contributed by atoms with Gasteiger partial charge in [-0.2, -0.15) is 0 Å². The van der Waals surface area contributed by atoms with Crippen molar-refractivity contribution in [3.05, 3.63) is 29.6 Å². The molecule has 1 aromatic rings. The van der Waals surface area contributed by atoms with E-state index in [1.807, 2.05) is 6.20 Å². The lowest BCUT2D eigenvalue weighted by Gasteiger charge is -2.08. The lowest BCUT2D eigenvalue weighted by Crippen LogP contribution is -2.40. The molecule has 0 fully saturated rings. The number of hydrogen-bond donors (Lipinski definition) is 1. The molecule has 1 aromatic heterocycles. The highest BCUT2D eigenvalue weighted by Gasteiger charge is 2.18. The fraction of sp³-hybridized carbons (Fsp3) is 0.700. The summed E-state index contributed by atoms with van der Waals surface area (Å²) in [6.45, 7) is 5.36. The molecule has 0 spiro atoms. The van der Waals surface area contributed by atoms with Gasteiger partial charge in [0.25, 0.3) is 0 Å². The molecule has 1 N–H and O–H groups in total. The first-order valence-corrected chi connectivity index (χ1v) is 9.41. The second-order valence-corrected chi connectivity index (χ2v) is 6.47. The normalized spacial score (nSPS) is 10.9. The van der Waals surface area contributed by atoms with Crippen LogP contribution in [0.25, 0.3) is 0 Å². The van der Waals surface area contributed by atoms with Crippen molar-refractivity contribution in [3.8, 4) is 0 Å². The average molecular weight is 320 g/mol. The molecule has 3 nitrogen and oxygen atoms in total. The van der Waals surface area contributed by atoms with Crippen molar-refractivity contribution in [3.63, 3.8) is 0 Å². The molecule has 0 amide bonds. The Hall–Kier alpha value is -1.38. The van der Waals surface area contributed by atoms with E-state index in [2.05, 4.69) is 30.5 Å². The number of carboxylic acids is 1. The van der Waals surface area contributed by atoms with Crippen LogP contribution in [0.5, 0.6) is 0 Å². The second-order valence-electron chi connectivity index (χ2n) is 6.47. The fourth-order valence-corrected chi connectivity index (χ4v) is 3.04. The molecular formula is C20H34NO2+. The molecule has 0 atom stereocenters. The first-order valence-electron chi connectivity index (χ1n) is 9.41. The number of rotatable bonds is 13. The number of pyridine rings is 1. The summed E-state index contributed by atoms with van der Waals surface area (Å²) in [5.74, 6) is -0.734. The highest BCUT2D eigenvalue weighted by atomic mass is 16.4. The lowest BCUT2D eigenvalue weighted by atomic mass is 10.0. The van der Waals surface area contributed by atoms with Gasteiger partial charge >= 0.3 is 5.97 Å². The zero-order chi connectivity index (χ0) is 16.9. The van der Waals surface area contributed by atoms with Gasteiger partial charge in [-0.05, 0) is 25.3 Å². The molecule has 0 saturated heterocycles. The minimum atomic E-state index is -0.734. The Bertz CT molecular complexity index is 457. The third-order valence-electron chi connectivity index (χ3n) is 4.40. The van der Waals surface area contributed by atoms with Crippen molar-refractivity contribution in [1.29, 1.82) is 0 Å². The Kier molecular flexibility index (Phi) is 10.3. The van der Waals surface area contributed by atoms with E-state index < -0.39 is 5.97 Å². The van der Waals surface area contributed by atoms with Crippen LogP contribution in [-0.2, 0) is 24.2 Å². The molecule has 130 valence electrons. The van der Waals surface area contributed by atoms with Gasteiger partial charge in [0.05, 0.1) is 0 Å². The third kappa shape index (κ3) is 8.15. The van der Waals surface area contributed by atoms with Gasteiger partial charge in [-0.1, -0.05) is 52.4 Å².